The SMILES string of the molecule is C=CCn1c(=O)c2cnc(Nc3ccc(C4CCN(C5CCN(c6cccc7c6n(C)c(=O)n7C6CCC(=O)NC6=O)CC5)CC4)cc3)nc2n1-c1cccc(C(C)(C)O)n1. The van der Waals surface area contributed by atoms with Crippen molar-refractivity contribution in [1.82, 2.24) is 43.7 Å². The standard InChI is InChI=1S/C45H51N11O5/c1-5-22-54-42(59)32-27-46-43(50-40(32)56(54)37-11-7-10-36(48-37)45(2,3)61)47-30-14-12-28(13-15-30)29-18-23-52(24-19-29)31-20-25-53(26-21-31)33-8-6-9-34-39(33)51(4)44(60)55(34)35-16-17-38(57)49-41(35)58/h5-15,27,29,31,35,61H,1,16-26H2,2-4H3,(H,46,47,50)(H,49,57,58). The Morgan fingerprint density at radius 3 is 2.36 bits per heavy atom. The molecule has 4 aromatic heterocycles. The Balaban J connectivity index is 0.836. The summed E-state index contributed by atoms with van der Waals surface area (Å²) >= 11 is 0. The molecular formula is C45H51N11O5. The molecule has 2 aromatic carbocycles. The lowest BCUT2D eigenvalue weighted by Gasteiger charge is -2.42. The first-order chi connectivity index (χ1) is 29.4. The van der Waals surface area contributed by atoms with E-state index in [0.29, 0.717) is 52.4 Å². The van der Waals surface area contributed by atoms with Crippen LogP contribution in [0.5, 0.6) is 0 Å². The van der Waals surface area contributed by atoms with Gasteiger partial charge in [-0.15, -0.1) is 6.58 Å². The van der Waals surface area contributed by atoms with E-state index in [2.05, 4.69) is 55.2 Å². The van der Waals surface area contributed by atoms with Gasteiger partial charge in [0, 0.05) is 44.5 Å². The Morgan fingerprint density at radius 1 is 0.918 bits per heavy atom. The molecule has 9 rings (SSSR count). The third-order valence-corrected chi connectivity index (χ3v) is 12.6. The van der Waals surface area contributed by atoms with E-state index < -0.39 is 17.6 Å². The fourth-order valence-corrected chi connectivity index (χ4v) is 9.43. The van der Waals surface area contributed by atoms with Gasteiger partial charge in [-0.1, -0.05) is 30.3 Å². The number of pyridine rings is 1. The van der Waals surface area contributed by atoms with Crippen LogP contribution < -0.4 is 26.8 Å². The van der Waals surface area contributed by atoms with Gasteiger partial charge in [-0.05, 0) is 107 Å². The fraction of sp³-hybridized carbons (Fsp3) is 0.400. The summed E-state index contributed by atoms with van der Waals surface area (Å²) < 4.78 is 6.36. The second-order valence-corrected chi connectivity index (χ2v) is 17.0. The number of nitrogens with one attached hydrogen (secondary N) is 2. The van der Waals surface area contributed by atoms with Crippen LogP contribution in [0.3, 0.4) is 0 Å². The summed E-state index contributed by atoms with van der Waals surface area (Å²) in [5, 5.41) is 16.7. The molecule has 3 N–H and O–H groups in total. The van der Waals surface area contributed by atoms with E-state index in [-0.39, 0.29) is 30.1 Å². The molecule has 1 unspecified atom stereocenters. The van der Waals surface area contributed by atoms with Crippen molar-refractivity contribution in [3.05, 3.63) is 112 Å². The zero-order valence-corrected chi connectivity index (χ0v) is 34.8. The fourth-order valence-electron chi connectivity index (χ4n) is 9.43. The van der Waals surface area contributed by atoms with Crippen molar-refractivity contribution >= 4 is 51.2 Å². The summed E-state index contributed by atoms with van der Waals surface area (Å²) in [7, 11) is 1.76. The largest absolute Gasteiger partial charge is 0.384 e. The minimum atomic E-state index is -1.17. The molecule has 61 heavy (non-hydrogen) atoms. The van der Waals surface area contributed by atoms with Gasteiger partial charge < -0.3 is 20.2 Å². The Morgan fingerprint density at radius 2 is 1.66 bits per heavy atom. The van der Waals surface area contributed by atoms with Crippen molar-refractivity contribution < 1.29 is 14.7 Å². The van der Waals surface area contributed by atoms with E-state index in [4.69, 9.17) is 4.98 Å². The number of anilines is 3. The average Bonchev–Trinajstić information content (AvgIpc) is 3.68. The zero-order chi connectivity index (χ0) is 42.6. The van der Waals surface area contributed by atoms with Gasteiger partial charge in [-0.3, -0.25) is 28.8 Å². The second kappa shape index (κ2) is 15.9. The van der Waals surface area contributed by atoms with E-state index in [1.54, 1.807) is 59.0 Å². The van der Waals surface area contributed by atoms with Crippen LogP contribution in [0, 0.1) is 0 Å². The molecule has 2 amide bonds. The van der Waals surface area contributed by atoms with Crippen molar-refractivity contribution in [2.75, 3.05) is 36.4 Å². The second-order valence-electron chi connectivity index (χ2n) is 17.0. The molecule has 3 fully saturated rings. The molecule has 7 heterocycles. The van der Waals surface area contributed by atoms with Gasteiger partial charge in [0.1, 0.15) is 17.0 Å². The minimum Gasteiger partial charge on any atom is -0.384 e. The molecule has 0 spiro atoms. The molecule has 6 aromatic rings. The summed E-state index contributed by atoms with van der Waals surface area (Å²) in [4.78, 5) is 70.4. The maximum absolute atomic E-state index is 13.5. The lowest BCUT2D eigenvalue weighted by Crippen LogP contribution is -2.47. The number of piperidine rings is 3. The highest BCUT2D eigenvalue weighted by atomic mass is 16.3. The van der Waals surface area contributed by atoms with Crippen molar-refractivity contribution in [3.8, 4) is 5.82 Å². The molecule has 316 valence electrons. The number of nitrogens with zero attached hydrogens (tertiary/aromatic N) is 9. The highest BCUT2D eigenvalue weighted by Crippen LogP contribution is 2.35. The maximum Gasteiger partial charge on any atom is 0.329 e. The lowest BCUT2D eigenvalue weighted by atomic mass is 9.88. The summed E-state index contributed by atoms with van der Waals surface area (Å²) in [5.41, 5.74) is 3.84. The molecule has 3 saturated heterocycles. The highest BCUT2D eigenvalue weighted by molar-refractivity contribution is 6.00. The Kier molecular flexibility index (Phi) is 10.4. The number of allylic oxidation sites excluding steroid dienone is 1. The van der Waals surface area contributed by atoms with Crippen LogP contribution in [0.2, 0.25) is 0 Å². The van der Waals surface area contributed by atoms with Gasteiger partial charge in [0.05, 0.1) is 29.0 Å². The number of para-hydroxylation sites is 1. The summed E-state index contributed by atoms with van der Waals surface area (Å²) in [6.45, 7) is 11.2. The van der Waals surface area contributed by atoms with E-state index in [1.165, 1.54) is 16.4 Å². The number of aliphatic hydroxyl groups is 1. The molecule has 3 aliphatic heterocycles. The summed E-state index contributed by atoms with van der Waals surface area (Å²) in [6.07, 6.45) is 7.89. The Labute approximate surface area is 352 Å². The van der Waals surface area contributed by atoms with Gasteiger partial charge in [0.25, 0.3) is 5.56 Å². The molecule has 3 aliphatic rings. The summed E-state index contributed by atoms with van der Waals surface area (Å²) in [6, 6.07) is 19.4. The number of amides is 2. The third kappa shape index (κ3) is 7.43. The number of hydrogen-bond donors (Lipinski definition) is 3. The maximum atomic E-state index is 13.5. The number of fused-ring (bicyclic) bond motifs is 2. The number of carbonyl (C=O) groups excluding carboxylic acids is 2. The van der Waals surface area contributed by atoms with Crippen molar-refractivity contribution in [3.63, 3.8) is 0 Å². The molecule has 0 saturated carbocycles. The number of likely N-dealkylation sites (tertiary alicyclic amines) is 1. The van der Waals surface area contributed by atoms with Crippen molar-refractivity contribution in [1.29, 1.82) is 0 Å². The smallest absolute Gasteiger partial charge is 0.329 e. The molecular weight excluding hydrogens is 775 g/mol. The summed E-state index contributed by atoms with van der Waals surface area (Å²) in [5.74, 6) is 0.519. The predicted molar refractivity (Wildman–Crippen MR) is 233 cm³/mol. The quantitative estimate of drug-likeness (QED) is 0.130. The van der Waals surface area contributed by atoms with Crippen LogP contribution in [0.4, 0.5) is 17.3 Å². The Hall–Kier alpha value is -6.39. The molecule has 0 radical (unpaired) electrons. The number of hydrogen-bond acceptors (Lipinski definition) is 11. The molecule has 0 aliphatic carbocycles. The van der Waals surface area contributed by atoms with Gasteiger partial charge in [-0.2, -0.15) is 4.98 Å². The minimum absolute atomic E-state index is 0.212. The van der Waals surface area contributed by atoms with Crippen LogP contribution in [0.25, 0.3) is 27.9 Å². The number of aryl methyl sites for hydroxylation is 1. The van der Waals surface area contributed by atoms with E-state index in [9.17, 15) is 24.3 Å². The first-order valence-corrected chi connectivity index (χ1v) is 21.1. The van der Waals surface area contributed by atoms with Crippen LogP contribution in [0.1, 0.15) is 75.6 Å². The van der Waals surface area contributed by atoms with Crippen LogP contribution in [0.15, 0.2) is 89.1 Å². The monoisotopic (exact) mass is 825 g/mol. The normalized spacial score (nSPS) is 18.6. The van der Waals surface area contributed by atoms with Crippen LogP contribution >= 0.6 is 0 Å². The Bertz CT molecular complexity index is 2780. The van der Waals surface area contributed by atoms with E-state index in [0.717, 1.165) is 68.8 Å². The number of carbonyl (C=O) groups is 2. The van der Waals surface area contributed by atoms with Crippen molar-refractivity contribution in [2.45, 2.75) is 82.5 Å². The van der Waals surface area contributed by atoms with Gasteiger partial charge in [0.15, 0.2) is 11.5 Å². The number of benzene rings is 2. The lowest BCUT2D eigenvalue weighted by molar-refractivity contribution is -0.135. The van der Waals surface area contributed by atoms with Gasteiger partial charge in [0.2, 0.25) is 17.8 Å². The molecule has 0 bridgehead atoms. The van der Waals surface area contributed by atoms with E-state index in [1.807, 2.05) is 24.3 Å². The predicted octanol–water partition coefficient (Wildman–Crippen LogP) is 4.61. The number of aromatic nitrogens is 7. The molecule has 1 atom stereocenters. The number of imide groups is 1. The van der Waals surface area contributed by atoms with Gasteiger partial charge >= 0.3 is 5.69 Å². The van der Waals surface area contributed by atoms with Gasteiger partial charge in [-0.25, -0.2) is 24.1 Å². The van der Waals surface area contributed by atoms with E-state index >= 15 is 0 Å². The van der Waals surface area contributed by atoms with Crippen LogP contribution in [-0.2, 0) is 28.8 Å². The first kappa shape index (κ1) is 40.0. The van der Waals surface area contributed by atoms with Crippen LogP contribution in [-0.4, -0.2) is 87.5 Å². The third-order valence-electron chi connectivity index (χ3n) is 12.6. The van der Waals surface area contributed by atoms with Crippen molar-refractivity contribution in [2.24, 2.45) is 7.05 Å². The number of imidazole rings is 1. The highest BCUT2D eigenvalue weighted by Gasteiger charge is 2.34. The molecule has 16 heteroatoms. The average molecular weight is 826 g/mol. The first-order valence-electron chi connectivity index (χ1n) is 21.1. The number of rotatable bonds is 10. The topological polar surface area (TPSA) is 177 Å². The zero-order valence-electron chi connectivity index (χ0n) is 34.8. The molecule has 16 nitrogen and oxygen atoms in total.